The molecule has 3 N–H and O–H groups in total. The second-order valence-corrected chi connectivity index (χ2v) is 6.04. The first kappa shape index (κ1) is 16.7. The van der Waals surface area contributed by atoms with Crippen molar-refractivity contribution in [2.75, 3.05) is 0 Å². The van der Waals surface area contributed by atoms with Crippen LogP contribution in [0.5, 0.6) is 0 Å². The van der Waals surface area contributed by atoms with Crippen molar-refractivity contribution in [1.82, 2.24) is 30.2 Å². The first-order valence-corrected chi connectivity index (χ1v) is 8.21. The molecule has 0 unspecified atom stereocenters. The van der Waals surface area contributed by atoms with Crippen LogP contribution >= 0.6 is 11.3 Å². The maximum atomic E-state index is 12.0. The lowest BCUT2D eigenvalue weighted by atomic mass is 10.1. The molecular weight excluding hydrogens is 344 g/mol. The van der Waals surface area contributed by atoms with Gasteiger partial charge in [-0.1, -0.05) is 0 Å². The lowest BCUT2D eigenvalue weighted by molar-refractivity contribution is -0.120. The normalized spacial score (nSPS) is 10.6. The van der Waals surface area contributed by atoms with Crippen LogP contribution in [0.2, 0.25) is 0 Å². The Morgan fingerprint density at radius 3 is 2.72 bits per heavy atom. The largest absolute Gasteiger partial charge is 0.350 e. The molecule has 3 aromatic rings. The van der Waals surface area contributed by atoms with Gasteiger partial charge in [0.2, 0.25) is 5.91 Å². The second kappa shape index (κ2) is 7.18. The van der Waals surface area contributed by atoms with Gasteiger partial charge in [-0.05, 0) is 13.0 Å². The monoisotopic (exact) mass is 358 g/mol. The Labute approximate surface area is 145 Å². The Balaban J connectivity index is 1.63. The van der Waals surface area contributed by atoms with E-state index < -0.39 is 11.2 Å². The molecule has 0 bridgehead atoms. The molecule has 1 amide bonds. The van der Waals surface area contributed by atoms with Gasteiger partial charge in [-0.25, -0.2) is 19.7 Å². The predicted molar refractivity (Wildman–Crippen MR) is 91.1 cm³/mol. The molecule has 25 heavy (non-hydrogen) atoms. The van der Waals surface area contributed by atoms with Gasteiger partial charge < -0.3 is 10.3 Å². The number of aromatic nitrogens is 5. The minimum absolute atomic E-state index is 0.128. The highest BCUT2D eigenvalue weighted by Gasteiger charge is 2.12. The number of nitrogens with zero attached hydrogens (tertiary/aromatic N) is 3. The molecule has 0 aromatic carbocycles. The SMILES string of the molecule is Cc1[nH]c(=O)[nH]c(=O)c1CC(=O)NCc1csc(-c2ncccn2)n1. The van der Waals surface area contributed by atoms with E-state index in [4.69, 9.17) is 0 Å². The molecule has 9 nitrogen and oxygen atoms in total. The quantitative estimate of drug-likeness (QED) is 0.594. The maximum absolute atomic E-state index is 12.0. The summed E-state index contributed by atoms with van der Waals surface area (Å²) >= 11 is 1.38. The third-order valence-corrected chi connectivity index (χ3v) is 4.25. The van der Waals surface area contributed by atoms with Crippen molar-refractivity contribution in [3.63, 3.8) is 0 Å². The molecule has 0 atom stereocenters. The number of amides is 1. The zero-order valence-corrected chi connectivity index (χ0v) is 14.0. The number of hydrogen-bond donors (Lipinski definition) is 3. The number of aromatic amines is 2. The fraction of sp³-hybridized carbons (Fsp3) is 0.200. The van der Waals surface area contributed by atoms with Crippen LogP contribution in [0.4, 0.5) is 0 Å². The molecule has 10 heteroatoms. The van der Waals surface area contributed by atoms with Crippen molar-refractivity contribution in [2.45, 2.75) is 19.9 Å². The summed E-state index contributed by atoms with van der Waals surface area (Å²) in [5.74, 6) is 0.187. The molecule has 3 aromatic heterocycles. The van der Waals surface area contributed by atoms with Gasteiger partial charge in [-0.15, -0.1) is 11.3 Å². The summed E-state index contributed by atoms with van der Waals surface area (Å²) < 4.78 is 0. The zero-order valence-electron chi connectivity index (χ0n) is 13.2. The van der Waals surface area contributed by atoms with Crippen LogP contribution in [0.25, 0.3) is 10.8 Å². The van der Waals surface area contributed by atoms with Gasteiger partial charge in [-0.3, -0.25) is 14.6 Å². The minimum atomic E-state index is -0.593. The van der Waals surface area contributed by atoms with E-state index in [1.807, 2.05) is 5.38 Å². The van der Waals surface area contributed by atoms with Crippen molar-refractivity contribution in [1.29, 1.82) is 0 Å². The molecule has 0 saturated carbocycles. The minimum Gasteiger partial charge on any atom is -0.350 e. The zero-order chi connectivity index (χ0) is 17.8. The average molecular weight is 358 g/mol. The summed E-state index contributed by atoms with van der Waals surface area (Å²) in [6.45, 7) is 1.80. The molecule has 128 valence electrons. The first-order chi connectivity index (χ1) is 12.0. The highest BCUT2D eigenvalue weighted by Crippen LogP contribution is 2.19. The van der Waals surface area contributed by atoms with E-state index in [0.29, 0.717) is 22.2 Å². The number of thiazole rings is 1. The highest BCUT2D eigenvalue weighted by atomic mass is 32.1. The van der Waals surface area contributed by atoms with Crippen LogP contribution in [0.1, 0.15) is 17.0 Å². The van der Waals surface area contributed by atoms with Crippen LogP contribution in [-0.2, 0) is 17.8 Å². The maximum Gasteiger partial charge on any atom is 0.325 e. The molecule has 0 spiro atoms. The third-order valence-electron chi connectivity index (χ3n) is 3.37. The second-order valence-electron chi connectivity index (χ2n) is 5.18. The Hall–Kier alpha value is -3.14. The number of hydrogen-bond acceptors (Lipinski definition) is 7. The number of carbonyl (C=O) groups excluding carboxylic acids is 1. The Bertz CT molecular complexity index is 1010. The van der Waals surface area contributed by atoms with E-state index >= 15 is 0 Å². The number of H-pyrrole nitrogens is 2. The van der Waals surface area contributed by atoms with E-state index in [0.717, 1.165) is 0 Å². The molecule has 3 rings (SSSR count). The fourth-order valence-electron chi connectivity index (χ4n) is 2.15. The Morgan fingerprint density at radius 2 is 2.00 bits per heavy atom. The van der Waals surface area contributed by atoms with Crippen LogP contribution in [0.3, 0.4) is 0 Å². The van der Waals surface area contributed by atoms with E-state index in [1.165, 1.54) is 11.3 Å². The summed E-state index contributed by atoms with van der Waals surface area (Å²) in [5, 5.41) is 5.18. The molecular formula is C15H14N6O3S. The lowest BCUT2D eigenvalue weighted by Crippen LogP contribution is -2.32. The van der Waals surface area contributed by atoms with Crippen molar-refractivity contribution < 1.29 is 4.79 Å². The summed E-state index contributed by atoms with van der Waals surface area (Å²) in [5.41, 5.74) is 0.126. The van der Waals surface area contributed by atoms with Gasteiger partial charge in [0.15, 0.2) is 10.8 Å². The summed E-state index contributed by atoms with van der Waals surface area (Å²) in [4.78, 5) is 52.1. The molecule has 0 fully saturated rings. The number of aryl methyl sites for hydroxylation is 1. The van der Waals surface area contributed by atoms with Gasteiger partial charge in [0.1, 0.15) is 0 Å². The summed E-state index contributed by atoms with van der Waals surface area (Å²) in [7, 11) is 0. The Morgan fingerprint density at radius 1 is 1.24 bits per heavy atom. The van der Waals surface area contributed by atoms with Gasteiger partial charge in [0.25, 0.3) is 5.56 Å². The number of rotatable bonds is 5. The van der Waals surface area contributed by atoms with Crippen molar-refractivity contribution in [3.8, 4) is 10.8 Å². The predicted octanol–water partition coefficient (Wildman–Crippen LogP) is 0.144. The number of carbonyl (C=O) groups is 1. The van der Waals surface area contributed by atoms with E-state index in [-0.39, 0.29) is 24.4 Å². The van der Waals surface area contributed by atoms with Crippen LogP contribution in [0, 0.1) is 6.92 Å². The molecule has 0 radical (unpaired) electrons. The summed E-state index contributed by atoms with van der Waals surface area (Å²) in [6, 6.07) is 1.72. The smallest absolute Gasteiger partial charge is 0.325 e. The molecule has 0 aliphatic heterocycles. The van der Waals surface area contributed by atoms with Gasteiger partial charge in [-0.2, -0.15) is 0 Å². The van der Waals surface area contributed by atoms with E-state index in [9.17, 15) is 14.4 Å². The first-order valence-electron chi connectivity index (χ1n) is 7.33. The third kappa shape index (κ3) is 4.04. The molecule has 0 saturated heterocycles. The average Bonchev–Trinajstić information content (AvgIpc) is 3.06. The fourth-order valence-corrected chi connectivity index (χ4v) is 2.92. The van der Waals surface area contributed by atoms with Crippen LogP contribution in [0.15, 0.2) is 33.4 Å². The summed E-state index contributed by atoms with van der Waals surface area (Å²) in [6.07, 6.45) is 3.14. The van der Waals surface area contributed by atoms with E-state index in [2.05, 4.69) is 30.2 Å². The topological polar surface area (TPSA) is 133 Å². The van der Waals surface area contributed by atoms with Gasteiger partial charge >= 0.3 is 5.69 Å². The molecule has 0 aliphatic carbocycles. The Kier molecular flexibility index (Phi) is 4.80. The van der Waals surface area contributed by atoms with E-state index in [1.54, 1.807) is 25.4 Å². The molecule has 0 aliphatic rings. The van der Waals surface area contributed by atoms with Crippen molar-refractivity contribution >= 4 is 17.2 Å². The molecule has 3 heterocycles. The van der Waals surface area contributed by atoms with Crippen molar-refractivity contribution in [2.24, 2.45) is 0 Å². The van der Waals surface area contributed by atoms with Gasteiger partial charge in [0.05, 0.1) is 18.7 Å². The van der Waals surface area contributed by atoms with Gasteiger partial charge in [0, 0.05) is 29.0 Å². The van der Waals surface area contributed by atoms with Crippen LogP contribution in [-0.4, -0.2) is 30.8 Å². The number of nitrogens with one attached hydrogen (secondary N) is 3. The van der Waals surface area contributed by atoms with Crippen molar-refractivity contribution in [3.05, 3.63) is 61.6 Å². The van der Waals surface area contributed by atoms with Crippen LogP contribution < -0.4 is 16.6 Å². The highest BCUT2D eigenvalue weighted by molar-refractivity contribution is 7.13. The standard InChI is InChI=1S/C15H14N6O3S/c1-8-10(13(23)21-15(24)19-8)5-11(22)18-6-9-7-25-14(20-9)12-16-3-2-4-17-12/h2-4,7H,5-6H2,1H3,(H,18,22)(H2,19,21,23,24). The lowest BCUT2D eigenvalue weighted by Gasteiger charge is -2.05.